The average Bonchev–Trinajstić information content (AvgIpc) is 2.95. The normalized spacial score (nSPS) is 12.1. The Bertz CT molecular complexity index is 562. The summed E-state index contributed by atoms with van der Waals surface area (Å²) in [4.78, 5) is 24.1. The first-order valence-electron chi connectivity index (χ1n) is 18.0. The van der Waals surface area contributed by atoms with Crippen molar-refractivity contribution in [2.75, 3.05) is 13.2 Å². The third-order valence-electron chi connectivity index (χ3n) is 8.08. The van der Waals surface area contributed by atoms with Gasteiger partial charge >= 0.3 is 11.9 Å². The average molecular weight is 583 g/mol. The Balaban J connectivity index is 3.48. The predicted molar refractivity (Wildman–Crippen MR) is 173 cm³/mol. The highest BCUT2D eigenvalue weighted by molar-refractivity contribution is 5.70. The van der Waals surface area contributed by atoms with E-state index in [0.29, 0.717) is 12.8 Å². The number of rotatable bonds is 32. The van der Waals surface area contributed by atoms with Gasteiger partial charge in [0.25, 0.3) is 0 Å². The molecule has 5 nitrogen and oxygen atoms in total. The number of aliphatic hydroxyl groups is 1. The van der Waals surface area contributed by atoms with E-state index in [9.17, 15) is 14.7 Å². The minimum atomic E-state index is -0.760. The van der Waals surface area contributed by atoms with Crippen molar-refractivity contribution in [3.63, 3.8) is 0 Å². The van der Waals surface area contributed by atoms with Crippen molar-refractivity contribution in [2.24, 2.45) is 5.92 Å². The second kappa shape index (κ2) is 31.8. The fourth-order valence-electron chi connectivity index (χ4n) is 5.33. The highest BCUT2D eigenvalue weighted by Crippen LogP contribution is 2.15. The molecule has 0 spiro atoms. The van der Waals surface area contributed by atoms with Crippen molar-refractivity contribution in [1.82, 2.24) is 0 Å². The van der Waals surface area contributed by atoms with Crippen LogP contribution in [0.5, 0.6) is 0 Å². The molecule has 0 aromatic carbocycles. The highest BCUT2D eigenvalue weighted by atomic mass is 16.6. The Labute approximate surface area is 255 Å². The third-order valence-corrected chi connectivity index (χ3v) is 8.08. The second-order valence-electron chi connectivity index (χ2n) is 12.8. The van der Waals surface area contributed by atoms with Crippen LogP contribution < -0.4 is 0 Å². The topological polar surface area (TPSA) is 72.8 Å². The van der Waals surface area contributed by atoms with Gasteiger partial charge in [0.2, 0.25) is 0 Å². The summed E-state index contributed by atoms with van der Waals surface area (Å²) in [6, 6.07) is 0. The van der Waals surface area contributed by atoms with Gasteiger partial charge in [-0.25, -0.2) is 0 Å². The molecule has 0 unspecified atom stereocenters. The van der Waals surface area contributed by atoms with E-state index < -0.39 is 6.10 Å². The molecule has 0 aliphatic rings. The first-order valence-corrected chi connectivity index (χ1v) is 18.0. The van der Waals surface area contributed by atoms with Gasteiger partial charge in [0.15, 0.2) is 6.10 Å². The van der Waals surface area contributed by atoms with Crippen LogP contribution in [0.15, 0.2) is 0 Å². The van der Waals surface area contributed by atoms with Crippen molar-refractivity contribution >= 4 is 11.9 Å². The number of aliphatic hydroxyl groups excluding tert-OH is 1. The molecule has 0 fully saturated rings. The standard InChI is InChI=1S/C36H70O5/c1-4-5-6-7-8-16-21-24-27-30-36(39)41-34(31-37)32-40-35(38)29-26-23-20-18-15-13-11-9-10-12-14-17-19-22-25-28-33(2)3/h33-34,37H,4-32H2,1-3H3/t34-/m0/s1. The Morgan fingerprint density at radius 1 is 0.537 bits per heavy atom. The first-order chi connectivity index (χ1) is 20.0. The van der Waals surface area contributed by atoms with Crippen LogP contribution in [0.4, 0.5) is 0 Å². The molecule has 0 rings (SSSR count). The molecule has 1 N–H and O–H groups in total. The van der Waals surface area contributed by atoms with Crippen molar-refractivity contribution in [3.05, 3.63) is 0 Å². The smallest absolute Gasteiger partial charge is 0.306 e. The first kappa shape index (κ1) is 39.9. The summed E-state index contributed by atoms with van der Waals surface area (Å²) in [5.74, 6) is 0.273. The number of hydrogen-bond acceptors (Lipinski definition) is 5. The van der Waals surface area contributed by atoms with Crippen molar-refractivity contribution in [1.29, 1.82) is 0 Å². The van der Waals surface area contributed by atoms with E-state index in [1.807, 2.05) is 0 Å². The number of unbranched alkanes of at least 4 members (excludes halogenated alkanes) is 22. The fraction of sp³-hybridized carbons (Fsp3) is 0.944. The molecule has 0 aromatic rings. The van der Waals surface area contributed by atoms with Crippen LogP contribution in [0.3, 0.4) is 0 Å². The number of esters is 2. The number of hydrogen-bond donors (Lipinski definition) is 1. The van der Waals surface area contributed by atoms with Crippen LogP contribution in [-0.4, -0.2) is 36.4 Å². The largest absolute Gasteiger partial charge is 0.462 e. The van der Waals surface area contributed by atoms with E-state index in [2.05, 4.69) is 20.8 Å². The fourth-order valence-corrected chi connectivity index (χ4v) is 5.33. The van der Waals surface area contributed by atoms with Crippen molar-refractivity contribution in [2.45, 2.75) is 200 Å². The molecule has 0 aliphatic carbocycles. The van der Waals surface area contributed by atoms with Crippen LogP contribution >= 0.6 is 0 Å². The maximum atomic E-state index is 12.0. The van der Waals surface area contributed by atoms with E-state index >= 15 is 0 Å². The van der Waals surface area contributed by atoms with E-state index in [1.165, 1.54) is 128 Å². The lowest BCUT2D eigenvalue weighted by Gasteiger charge is -2.15. The van der Waals surface area contributed by atoms with Crippen LogP contribution in [-0.2, 0) is 19.1 Å². The van der Waals surface area contributed by atoms with Crippen molar-refractivity contribution < 1.29 is 24.2 Å². The molecule has 41 heavy (non-hydrogen) atoms. The molecule has 0 saturated heterocycles. The maximum Gasteiger partial charge on any atom is 0.306 e. The Kier molecular flexibility index (Phi) is 31.0. The molecule has 244 valence electrons. The highest BCUT2D eigenvalue weighted by Gasteiger charge is 2.16. The molecular weight excluding hydrogens is 512 g/mol. The molecular formula is C36H70O5. The quantitative estimate of drug-likeness (QED) is 0.0631. The number of carbonyl (C=O) groups excluding carboxylic acids is 2. The van der Waals surface area contributed by atoms with Crippen molar-refractivity contribution in [3.8, 4) is 0 Å². The van der Waals surface area contributed by atoms with E-state index in [4.69, 9.17) is 9.47 Å². The Morgan fingerprint density at radius 2 is 0.902 bits per heavy atom. The van der Waals surface area contributed by atoms with Gasteiger partial charge in [-0.15, -0.1) is 0 Å². The van der Waals surface area contributed by atoms with Crippen LogP contribution in [0.1, 0.15) is 194 Å². The lowest BCUT2D eigenvalue weighted by molar-refractivity contribution is -0.161. The van der Waals surface area contributed by atoms with Gasteiger partial charge in [0, 0.05) is 12.8 Å². The van der Waals surface area contributed by atoms with E-state index in [1.54, 1.807) is 0 Å². The monoisotopic (exact) mass is 583 g/mol. The van der Waals surface area contributed by atoms with Gasteiger partial charge in [-0.2, -0.15) is 0 Å². The summed E-state index contributed by atoms with van der Waals surface area (Å²) in [5, 5.41) is 9.49. The summed E-state index contributed by atoms with van der Waals surface area (Å²) in [5.41, 5.74) is 0. The minimum Gasteiger partial charge on any atom is -0.462 e. The third kappa shape index (κ3) is 31.7. The van der Waals surface area contributed by atoms with Gasteiger partial charge in [0.1, 0.15) is 6.61 Å². The van der Waals surface area contributed by atoms with Gasteiger partial charge < -0.3 is 14.6 Å². The van der Waals surface area contributed by atoms with E-state index in [-0.39, 0.29) is 25.2 Å². The lowest BCUT2D eigenvalue weighted by atomic mass is 10.0. The second-order valence-corrected chi connectivity index (χ2v) is 12.8. The molecule has 0 radical (unpaired) electrons. The maximum absolute atomic E-state index is 12.0. The molecule has 0 aliphatic heterocycles. The molecule has 0 aromatic heterocycles. The number of carbonyl (C=O) groups is 2. The van der Waals surface area contributed by atoms with Crippen LogP contribution in [0.2, 0.25) is 0 Å². The van der Waals surface area contributed by atoms with Crippen LogP contribution in [0.25, 0.3) is 0 Å². The minimum absolute atomic E-state index is 0.0584. The zero-order valence-electron chi connectivity index (χ0n) is 27.7. The predicted octanol–water partition coefficient (Wildman–Crippen LogP) is 10.6. The van der Waals surface area contributed by atoms with Gasteiger partial charge in [-0.3, -0.25) is 9.59 Å². The Hall–Kier alpha value is -1.10. The van der Waals surface area contributed by atoms with Crippen LogP contribution in [0, 0.1) is 5.92 Å². The number of ether oxygens (including phenoxy) is 2. The summed E-state index contributed by atoms with van der Waals surface area (Å²) >= 11 is 0. The molecule has 0 heterocycles. The van der Waals surface area contributed by atoms with Gasteiger partial charge in [-0.05, 0) is 18.8 Å². The molecule has 0 saturated carbocycles. The lowest BCUT2D eigenvalue weighted by Crippen LogP contribution is -2.28. The summed E-state index contributed by atoms with van der Waals surface area (Å²) in [6.45, 7) is 6.48. The summed E-state index contributed by atoms with van der Waals surface area (Å²) in [6.07, 6.45) is 31.6. The zero-order chi connectivity index (χ0) is 30.2. The van der Waals surface area contributed by atoms with Gasteiger partial charge in [0.05, 0.1) is 6.61 Å². The molecule has 0 amide bonds. The van der Waals surface area contributed by atoms with E-state index in [0.717, 1.165) is 38.0 Å². The molecule has 0 bridgehead atoms. The molecule has 5 heteroatoms. The summed E-state index contributed by atoms with van der Waals surface area (Å²) < 4.78 is 10.5. The zero-order valence-corrected chi connectivity index (χ0v) is 27.7. The Morgan fingerprint density at radius 3 is 1.29 bits per heavy atom. The summed E-state index contributed by atoms with van der Waals surface area (Å²) in [7, 11) is 0. The van der Waals surface area contributed by atoms with Gasteiger partial charge in [-0.1, -0.05) is 168 Å². The molecule has 1 atom stereocenters. The SMILES string of the molecule is CCCCCCCCCCCC(=O)O[C@@H](CO)COC(=O)CCCCCCCCCCCCCCCCCC(C)C.